The maximum Gasteiger partial charge on any atom is 0.289 e. The van der Waals surface area contributed by atoms with E-state index < -0.39 is 0 Å². The molecule has 118 valence electrons. The Labute approximate surface area is 134 Å². The van der Waals surface area contributed by atoms with Crippen LogP contribution < -0.4 is 16.2 Å². The van der Waals surface area contributed by atoms with Crippen LogP contribution in [0.5, 0.6) is 0 Å². The van der Waals surface area contributed by atoms with Crippen molar-refractivity contribution in [1.82, 2.24) is 10.3 Å². The van der Waals surface area contributed by atoms with Crippen molar-refractivity contribution in [1.29, 1.82) is 0 Å². The summed E-state index contributed by atoms with van der Waals surface area (Å²) in [6.45, 7) is 3.87. The zero-order chi connectivity index (χ0) is 15.7. The van der Waals surface area contributed by atoms with Gasteiger partial charge < -0.3 is 9.80 Å². The highest BCUT2D eigenvalue weighted by molar-refractivity contribution is 8.01. The van der Waals surface area contributed by atoms with Gasteiger partial charge >= 0.3 is 0 Å². The Hall–Kier alpha value is -1.57. The topological polar surface area (TPSA) is 79.9 Å². The summed E-state index contributed by atoms with van der Waals surface area (Å²) in [6, 6.07) is 10.1. The lowest BCUT2D eigenvalue weighted by Crippen LogP contribution is -3.23. The van der Waals surface area contributed by atoms with Crippen LogP contribution in [0.25, 0.3) is 0 Å². The number of hydrogen-bond acceptors (Lipinski definition) is 4. The lowest BCUT2D eigenvalue weighted by Gasteiger charge is -2.48. The molecule has 1 aromatic carbocycles. The number of quaternary nitrogens is 1. The van der Waals surface area contributed by atoms with Crippen molar-refractivity contribution < 1.29 is 14.5 Å². The number of benzene rings is 1. The monoisotopic (exact) mass is 321 g/mol. The van der Waals surface area contributed by atoms with Crippen LogP contribution in [-0.4, -0.2) is 47.5 Å². The van der Waals surface area contributed by atoms with Crippen LogP contribution in [0.2, 0.25) is 0 Å². The fourth-order valence-corrected chi connectivity index (χ4v) is 5.02. The summed E-state index contributed by atoms with van der Waals surface area (Å²) in [4.78, 5) is 27.0. The van der Waals surface area contributed by atoms with Crippen LogP contribution in [-0.2, 0) is 15.1 Å². The number of hydrogen-bond donors (Lipinski definition) is 3. The van der Waals surface area contributed by atoms with E-state index >= 15 is 0 Å². The number of nitrogens with zero attached hydrogens (tertiary/aromatic N) is 1. The smallest absolute Gasteiger partial charge is 0.289 e. The van der Waals surface area contributed by atoms with Gasteiger partial charge in [-0.1, -0.05) is 30.3 Å². The van der Waals surface area contributed by atoms with Crippen LogP contribution in [0, 0.1) is 0 Å². The lowest BCUT2D eigenvalue weighted by molar-refractivity contribution is -0.958. The van der Waals surface area contributed by atoms with Crippen molar-refractivity contribution in [3.8, 4) is 0 Å². The molecule has 2 saturated heterocycles. The maximum atomic E-state index is 12.1. The van der Waals surface area contributed by atoms with Gasteiger partial charge in [0.25, 0.3) is 5.91 Å². The third-order valence-electron chi connectivity index (χ3n) is 4.76. The fourth-order valence-electron chi connectivity index (χ4n) is 3.51. The first-order valence-corrected chi connectivity index (χ1v) is 8.43. The average Bonchev–Trinajstić information content (AvgIpc) is 2.93. The normalized spacial score (nSPS) is 31.0. The van der Waals surface area contributed by atoms with E-state index in [2.05, 4.69) is 24.5 Å². The predicted octanol–water partition coefficient (Wildman–Crippen LogP) is -1.31. The molecule has 3 atom stereocenters. The van der Waals surface area contributed by atoms with Crippen LogP contribution in [0.1, 0.15) is 12.5 Å². The molecular weight excluding hydrogens is 300 g/mol. The largest absolute Gasteiger partial charge is 0.318 e. The number of rotatable bonds is 3. The zero-order valence-corrected chi connectivity index (χ0v) is 13.4. The van der Waals surface area contributed by atoms with Gasteiger partial charge in [0.1, 0.15) is 5.37 Å². The minimum atomic E-state index is -0.331. The molecule has 2 heterocycles. The third-order valence-corrected chi connectivity index (χ3v) is 6.21. The van der Waals surface area contributed by atoms with Gasteiger partial charge in [0.05, 0.1) is 18.8 Å². The number of hydrazine groups is 1. The highest BCUT2D eigenvalue weighted by atomic mass is 32.2. The number of nitrogens with one attached hydrogen (secondary N) is 2. The van der Waals surface area contributed by atoms with Crippen molar-refractivity contribution in [3.63, 3.8) is 0 Å². The molecule has 1 unspecified atom stereocenters. The van der Waals surface area contributed by atoms with E-state index in [9.17, 15) is 9.59 Å². The summed E-state index contributed by atoms with van der Waals surface area (Å²) in [5, 5.41) is 0.0525. The van der Waals surface area contributed by atoms with E-state index in [4.69, 9.17) is 5.84 Å². The van der Waals surface area contributed by atoms with Crippen molar-refractivity contribution >= 4 is 23.6 Å². The van der Waals surface area contributed by atoms with Crippen LogP contribution >= 0.6 is 11.8 Å². The summed E-state index contributed by atoms with van der Waals surface area (Å²) in [6.07, 6.45) is 0. The molecule has 2 aliphatic rings. The Kier molecular flexibility index (Phi) is 4.12. The summed E-state index contributed by atoms with van der Waals surface area (Å²) in [5.41, 5.74) is 3.04. The van der Waals surface area contributed by atoms with Gasteiger partial charge in [-0.2, -0.15) is 0 Å². The highest BCUT2D eigenvalue weighted by Crippen LogP contribution is 2.38. The molecule has 0 bridgehead atoms. The number of thioether (sulfide) groups is 1. The second-order valence-corrected chi connectivity index (χ2v) is 6.99. The summed E-state index contributed by atoms with van der Waals surface area (Å²) in [5.74, 6) is 5.79. The van der Waals surface area contributed by atoms with E-state index in [-0.39, 0.29) is 22.7 Å². The number of amides is 2. The molecule has 2 amide bonds. The van der Waals surface area contributed by atoms with Gasteiger partial charge in [-0.25, -0.2) is 5.84 Å². The molecule has 2 fully saturated rings. The Balaban J connectivity index is 2.00. The number of carbonyl (C=O) groups excluding carboxylic acids is 2. The zero-order valence-electron chi connectivity index (χ0n) is 12.5. The minimum Gasteiger partial charge on any atom is -0.318 e. The van der Waals surface area contributed by atoms with Crippen LogP contribution in [0.3, 0.4) is 0 Å². The molecule has 0 radical (unpaired) electrons. The molecule has 4 N–H and O–H groups in total. The second kappa shape index (κ2) is 5.91. The van der Waals surface area contributed by atoms with Crippen molar-refractivity contribution in [2.24, 2.45) is 5.84 Å². The van der Waals surface area contributed by atoms with Gasteiger partial charge in [0.2, 0.25) is 5.91 Å². The molecule has 2 aliphatic heterocycles. The predicted molar refractivity (Wildman–Crippen MR) is 84.8 cm³/mol. The Morgan fingerprint density at radius 2 is 2.23 bits per heavy atom. The van der Waals surface area contributed by atoms with E-state index in [0.29, 0.717) is 18.8 Å². The van der Waals surface area contributed by atoms with Gasteiger partial charge in [0.15, 0.2) is 12.1 Å². The molecule has 0 spiro atoms. The van der Waals surface area contributed by atoms with Crippen molar-refractivity contribution in [2.45, 2.75) is 17.8 Å². The van der Waals surface area contributed by atoms with E-state index in [1.54, 1.807) is 11.8 Å². The molecule has 1 aromatic rings. The summed E-state index contributed by atoms with van der Waals surface area (Å²) in [7, 11) is 0. The standard InChI is InChI=1S/C15H20N4O2S/c1-15(11-5-3-2-4-6-11)14-19(13(21)10-22-14)8-7-18(15)9-12(20)17-16/h2-6,14H,7-10,16H2,1H3,(H,17,20)/p+1/t14-,15+/m1/s1. The number of carbonyl (C=O) groups is 2. The van der Waals surface area contributed by atoms with E-state index in [1.165, 1.54) is 0 Å². The number of piperazine rings is 1. The Bertz CT molecular complexity index is 582. The van der Waals surface area contributed by atoms with Gasteiger partial charge in [0, 0.05) is 5.56 Å². The first-order chi connectivity index (χ1) is 10.6. The van der Waals surface area contributed by atoms with Crippen LogP contribution in [0.15, 0.2) is 30.3 Å². The maximum absolute atomic E-state index is 12.1. The van der Waals surface area contributed by atoms with E-state index in [0.717, 1.165) is 17.0 Å². The molecule has 6 nitrogen and oxygen atoms in total. The van der Waals surface area contributed by atoms with Crippen molar-refractivity contribution in [3.05, 3.63) is 35.9 Å². The lowest BCUT2D eigenvalue weighted by atomic mass is 9.87. The Morgan fingerprint density at radius 1 is 1.50 bits per heavy atom. The van der Waals surface area contributed by atoms with Crippen molar-refractivity contribution in [2.75, 3.05) is 25.4 Å². The quantitative estimate of drug-likeness (QED) is 0.367. The SMILES string of the molecule is C[C@]1(c2ccccc2)[C@H]2SCC(=O)N2CC[NH+]1CC(=O)NN. The highest BCUT2D eigenvalue weighted by Gasteiger charge is 2.55. The molecule has 0 saturated carbocycles. The first kappa shape index (κ1) is 15.3. The minimum absolute atomic E-state index is 0.0525. The van der Waals surface area contributed by atoms with Crippen LogP contribution in [0.4, 0.5) is 0 Å². The van der Waals surface area contributed by atoms with Gasteiger partial charge in [-0.3, -0.25) is 15.0 Å². The second-order valence-electron chi connectivity index (χ2n) is 5.92. The average molecular weight is 321 g/mol. The van der Waals surface area contributed by atoms with Gasteiger partial charge in [-0.15, -0.1) is 11.8 Å². The van der Waals surface area contributed by atoms with Gasteiger partial charge in [-0.05, 0) is 6.92 Å². The molecule has 22 heavy (non-hydrogen) atoms. The number of nitrogens with two attached hydrogens (primary N) is 1. The summed E-state index contributed by atoms with van der Waals surface area (Å²) >= 11 is 1.67. The molecule has 7 heteroatoms. The molecule has 0 aliphatic carbocycles. The summed E-state index contributed by atoms with van der Waals surface area (Å²) < 4.78 is 0. The number of fused-ring (bicyclic) bond motifs is 1. The third kappa shape index (κ3) is 2.39. The first-order valence-electron chi connectivity index (χ1n) is 7.38. The van der Waals surface area contributed by atoms with E-state index in [1.807, 2.05) is 23.1 Å². The molecule has 0 aromatic heterocycles. The molecule has 3 rings (SSSR count). The molecular formula is C15H21N4O2S+. The Morgan fingerprint density at radius 3 is 2.91 bits per heavy atom. The fraction of sp³-hybridized carbons (Fsp3) is 0.467.